The van der Waals surface area contributed by atoms with Crippen LogP contribution in [-0.4, -0.2) is 30.7 Å². The van der Waals surface area contributed by atoms with E-state index < -0.39 is 0 Å². The van der Waals surface area contributed by atoms with Crippen LogP contribution in [0.5, 0.6) is 0 Å². The third-order valence-electron chi connectivity index (χ3n) is 3.94. The van der Waals surface area contributed by atoms with Crippen molar-refractivity contribution in [2.45, 2.75) is 79.1 Å². The van der Waals surface area contributed by atoms with Gasteiger partial charge < -0.3 is 40.0 Å². The molecule has 0 aromatic heterocycles. The molecule has 0 aromatic carbocycles. The van der Waals surface area contributed by atoms with E-state index in [1.54, 1.807) is 0 Å². The second-order valence-corrected chi connectivity index (χ2v) is 5.65. The molecule has 0 rings (SSSR count). The Kier molecular flexibility index (Phi) is 47.9. The summed E-state index contributed by atoms with van der Waals surface area (Å²) in [6.45, 7) is 29.3. The standard InChI is InChI=1S/C16H36N.3CN.Ni/c1-5-9-13-17(14-10-6-2,15-11-7-3)16-12-8-4;3*1-2;/h5-16H2,1-4H3;;;;/q+1;3*-1;+2. The van der Waals surface area contributed by atoms with Crippen molar-refractivity contribution in [3.8, 4) is 0 Å². The largest absolute Gasteiger partial charge is 2.00 e. The van der Waals surface area contributed by atoms with E-state index in [1.165, 1.54) is 82.0 Å². The van der Waals surface area contributed by atoms with Gasteiger partial charge in [0.15, 0.2) is 0 Å². The fraction of sp³-hybridized carbons (Fsp3) is 0.842. The van der Waals surface area contributed by atoms with E-state index in [-0.39, 0.29) is 16.5 Å². The molecule has 0 aliphatic rings. The third-order valence-corrected chi connectivity index (χ3v) is 3.94. The Hall–Kier alpha value is -1.08. The third kappa shape index (κ3) is 23.2. The van der Waals surface area contributed by atoms with Crippen LogP contribution in [0.2, 0.25) is 0 Å². The van der Waals surface area contributed by atoms with Crippen LogP contribution in [0.25, 0.3) is 0 Å². The van der Waals surface area contributed by atoms with E-state index in [4.69, 9.17) is 35.5 Å². The van der Waals surface area contributed by atoms with Crippen LogP contribution in [0, 0.1) is 35.5 Å². The molecular formula is C19H36N4Ni. The Morgan fingerprint density at radius 3 is 0.792 bits per heavy atom. The van der Waals surface area contributed by atoms with Crippen molar-refractivity contribution in [1.29, 1.82) is 15.8 Å². The number of nitrogens with zero attached hydrogens (tertiary/aromatic N) is 4. The normalized spacial score (nSPS) is 8.75. The zero-order valence-electron chi connectivity index (χ0n) is 16.1. The first kappa shape index (κ1) is 34.3. The van der Waals surface area contributed by atoms with E-state index in [9.17, 15) is 0 Å². The maximum absolute atomic E-state index is 6.25. The number of rotatable bonds is 12. The summed E-state index contributed by atoms with van der Waals surface area (Å²) in [5, 5.41) is 18.8. The van der Waals surface area contributed by atoms with Gasteiger partial charge in [-0.25, -0.2) is 0 Å². The topological polar surface area (TPSA) is 71.4 Å². The van der Waals surface area contributed by atoms with E-state index in [0.717, 1.165) is 0 Å². The Balaban J connectivity index is -0.000000153. The van der Waals surface area contributed by atoms with Crippen molar-refractivity contribution in [1.82, 2.24) is 0 Å². The molecule has 0 unspecified atom stereocenters. The van der Waals surface area contributed by atoms with Crippen molar-refractivity contribution in [3.63, 3.8) is 0 Å². The molecule has 24 heavy (non-hydrogen) atoms. The summed E-state index contributed by atoms with van der Waals surface area (Å²) in [4.78, 5) is 0. The summed E-state index contributed by atoms with van der Waals surface area (Å²) in [5.74, 6) is 0. The number of unbranched alkanes of at least 4 members (excludes halogenated alkanes) is 4. The van der Waals surface area contributed by atoms with Gasteiger partial charge in [0.25, 0.3) is 0 Å². The van der Waals surface area contributed by atoms with Crippen LogP contribution in [0.15, 0.2) is 0 Å². The number of hydrogen-bond donors (Lipinski definition) is 0. The Morgan fingerprint density at radius 1 is 0.500 bits per heavy atom. The van der Waals surface area contributed by atoms with Gasteiger partial charge in [-0.3, -0.25) is 0 Å². The van der Waals surface area contributed by atoms with Crippen LogP contribution in [-0.2, 0) is 16.5 Å². The van der Waals surface area contributed by atoms with Gasteiger partial charge in [-0.1, -0.05) is 53.4 Å². The van der Waals surface area contributed by atoms with E-state index >= 15 is 0 Å². The molecule has 0 atom stereocenters. The first-order chi connectivity index (χ1) is 11.2. The average molecular weight is 379 g/mol. The summed E-state index contributed by atoms with van der Waals surface area (Å²) in [6, 6.07) is 0. The monoisotopic (exact) mass is 378 g/mol. The van der Waals surface area contributed by atoms with Crippen molar-refractivity contribution >= 4 is 0 Å². The molecule has 0 bridgehead atoms. The van der Waals surface area contributed by atoms with E-state index in [0.29, 0.717) is 0 Å². The first-order valence-corrected chi connectivity index (χ1v) is 8.76. The maximum atomic E-state index is 6.25. The minimum Gasteiger partial charge on any atom is -0.512 e. The van der Waals surface area contributed by atoms with Crippen LogP contribution < -0.4 is 0 Å². The van der Waals surface area contributed by atoms with E-state index in [1.807, 2.05) is 0 Å². The summed E-state index contributed by atoms with van der Waals surface area (Å²) in [7, 11) is 0. The molecule has 0 saturated heterocycles. The molecule has 0 aliphatic heterocycles. The van der Waals surface area contributed by atoms with Crippen molar-refractivity contribution < 1.29 is 21.0 Å². The molecule has 5 heteroatoms. The Labute approximate surface area is 162 Å². The van der Waals surface area contributed by atoms with Crippen LogP contribution in [0.1, 0.15) is 79.1 Å². The molecule has 0 N–H and O–H groups in total. The number of hydrogen-bond acceptors (Lipinski definition) is 3. The van der Waals surface area contributed by atoms with Crippen LogP contribution in [0.3, 0.4) is 0 Å². The Morgan fingerprint density at radius 2 is 0.667 bits per heavy atom. The van der Waals surface area contributed by atoms with Gasteiger partial charge in [-0.05, 0) is 25.7 Å². The second-order valence-electron chi connectivity index (χ2n) is 5.65. The molecule has 142 valence electrons. The molecule has 0 aromatic rings. The van der Waals surface area contributed by atoms with E-state index in [2.05, 4.69) is 27.7 Å². The fourth-order valence-electron chi connectivity index (χ4n) is 2.64. The van der Waals surface area contributed by atoms with Gasteiger partial charge in [0.2, 0.25) is 0 Å². The molecule has 0 aliphatic carbocycles. The Bertz CT molecular complexity index is 210. The summed E-state index contributed by atoms with van der Waals surface area (Å²) >= 11 is 0. The van der Waals surface area contributed by atoms with Gasteiger partial charge in [0.05, 0.1) is 26.2 Å². The quantitative estimate of drug-likeness (QED) is 0.263. The maximum Gasteiger partial charge on any atom is 2.00 e. The predicted octanol–water partition coefficient (Wildman–Crippen LogP) is 5.29. The average Bonchev–Trinajstić information content (AvgIpc) is 2.65. The van der Waals surface area contributed by atoms with Crippen molar-refractivity contribution in [3.05, 3.63) is 19.7 Å². The summed E-state index contributed by atoms with van der Waals surface area (Å²) < 4.78 is 1.42. The van der Waals surface area contributed by atoms with Crippen LogP contribution >= 0.6 is 0 Å². The second kappa shape index (κ2) is 33.5. The summed E-state index contributed by atoms with van der Waals surface area (Å²) in [5.41, 5.74) is 0. The van der Waals surface area contributed by atoms with Crippen molar-refractivity contribution in [2.75, 3.05) is 26.2 Å². The number of quaternary nitrogens is 1. The SMILES string of the molecule is CCCC[N+](CCCC)(CCCC)CCCC.[C-]#N.[C-]#N.[C-]#N.[Ni+2]. The zero-order valence-corrected chi connectivity index (χ0v) is 17.1. The minimum absolute atomic E-state index is 0. The molecule has 0 saturated carbocycles. The molecule has 0 heterocycles. The van der Waals surface area contributed by atoms with Crippen LogP contribution in [0.4, 0.5) is 0 Å². The van der Waals surface area contributed by atoms with Gasteiger partial charge in [-0.15, -0.1) is 0 Å². The van der Waals surface area contributed by atoms with Gasteiger partial charge in [0.1, 0.15) is 0 Å². The smallest absolute Gasteiger partial charge is 0.512 e. The van der Waals surface area contributed by atoms with Crippen molar-refractivity contribution in [2.24, 2.45) is 0 Å². The van der Waals surface area contributed by atoms with Gasteiger partial charge >= 0.3 is 16.5 Å². The van der Waals surface area contributed by atoms with Gasteiger partial charge in [0, 0.05) is 0 Å². The molecular weight excluding hydrogens is 343 g/mol. The first-order valence-electron chi connectivity index (χ1n) is 8.76. The fourth-order valence-corrected chi connectivity index (χ4v) is 2.64. The predicted molar refractivity (Wildman–Crippen MR) is 94.3 cm³/mol. The molecule has 0 spiro atoms. The zero-order chi connectivity index (χ0) is 19.0. The molecule has 4 nitrogen and oxygen atoms in total. The van der Waals surface area contributed by atoms with Gasteiger partial charge in [-0.2, -0.15) is 0 Å². The molecule has 0 radical (unpaired) electrons. The molecule has 0 amide bonds. The minimum atomic E-state index is 0. The molecule has 0 fully saturated rings. The summed E-state index contributed by atoms with van der Waals surface area (Å²) in [6.07, 6.45) is 11.1.